The molecule has 2 aromatic rings. The molecule has 3 heterocycles. The average molecular weight is 533 g/mol. The summed E-state index contributed by atoms with van der Waals surface area (Å²) in [6, 6.07) is 1.06. The van der Waals surface area contributed by atoms with Gasteiger partial charge in [-0.25, -0.2) is 14.8 Å². The van der Waals surface area contributed by atoms with Gasteiger partial charge in [0.15, 0.2) is 5.65 Å². The van der Waals surface area contributed by atoms with Crippen LogP contribution >= 0.6 is 0 Å². The Morgan fingerprint density at radius 1 is 1.30 bits per heavy atom. The number of rotatable bonds is 9. The SMILES string of the molecule is CCNC(=O)c1cn(COCC[Si](C)(C)C)c2ncc(N(C)C3CCN(C(=O)O)C(C(C)(C)C)C3)nc12. The summed E-state index contributed by atoms with van der Waals surface area (Å²) in [5.41, 5.74) is 1.44. The zero-order valence-corrected chi connectivity index (χ0v) is 24.7. The van der Waals surface area contributed by atoms with Crippen LogP contribution in [0.1, 0.15) is 50.9 Å². The number of amides is 2. The van der Waals surface area contributed by atoms with Crippen molar-refractivity contribution < 1.29 is 19.4 Å². The largest absolute Gasteiger partial charge is 0.465 e. The Hall–Kier alpha value is -2.66. The van der Waals surface area contributed by atoms with E-state index in [0.29, 0.717) is 61.8 Å². The molecule has 1 fully saturated rings. The van der Waals surface area contributed by atoms with E-state index in [4.69, 9.17) is 14.7 Å². The van der Waals surface area contributed by atoms with Gasteiger partial charge in [0.1, 0.15) is 18.1 Å². The molecule has 0 aromatic carbocycles. The number of anilines is 1. The van der Waals surface area contributed by atoms with Crippen LogP contribution in [0.5, 0.6) is 0 Å². The van der Waals surface area contributed by atoms with Crippen LogP contribution in [0.15, 0.2) is 12.4 Å². The number of carboxylic acid groups (broad SMARTS) is 1. The monoisotopic (exact) mass is 532 g/mol. The predicted molar refractivity (Wildman–Crippen MR) is 149 cm³/mol. The first kappa shape index (κ1) is 28.9. The number of nitrogens with one attached hydrogen (secondary N) is 1. The molecule has 0 radical (unpaired) electrons. The fourth-order valence-corrected chi connectivity index (χ4v) is 5.57. The Bertz CT molecular complexity index is 1110. The highest BCUT2D eigenvalue weighted by atomic mass is 28.3. The lowest BCUT2D eigenvalue weighted by atomic mass is 9.79. The van der Waals surface area contributed by atoms with Crippen molar-refractivity contribution in [3.05, 3.63) is 18.0 Å². The molecule has 2 aromatic heterocycles. The van der Waals surface area contributed by atoms with Crippen LogP contribution in [0.25, 0.3) is 11.2 Å². The van der Waals surface area contributed by atoms with Crippen LogP contribution in [-0.4, -0.2) is 83.4 Å². The molecular weight excluding hydrogens is 488 g/mol. The molecular formula is C26H44N6O4Si. The number of ether oxygens (including phenoxy) is 1. The lowest BCUT2D eigenvalue weighted by Gasteiger charge is -2.46. The Labute approximate surface area is 221 Å². The van der Waals surface area contributed by atoms with Gasteiger partial charge >= 0.3 is 6.09 Å². The molecule has 11 heteroatoms. The molecule has 2 atom stereocenters. The number of nitrogens with zero attached hydrogens (tertiary/aromatic N) is 5. The minimum atomic E-state index is -1.20. The maximum atomic E-state index is 12.9. The molecule has 206 valence electrons. The van der Waals surface area contributed by atoms with Crippen LogP contribution < -0.4 is 10.2 Å². The summed E-state index contributed by atoms with van der Waals surface area (Å²) in [5.74, 6) is 0.474. The fourth-order valence-electron chi connectivity index (χ4n) is 4.81. The molecule has 37 heavy (non-hydrogen) atoms. The summed E-state index contributed by atoms with van der Waals surface area (Å²) in [6.45, 7) is 17.0. The third kappa shape index (κ3) is 7.01. The summed E-state index contributed by atoms with van der Waals surface area (Å²) < 4.78 is 7.79. The number of likely N-dealkylation sites (tertiary alicyclic amines) is 1. The summed E-state index contributed by atoms with van der Waals surface area (Å²) in [6.07, 6.45) is 4.03. The van der Waals surface area contributed by atoms with Gasteiger partial charge in [-0.3, -0.25) is 4.79 Å². The zero-order valence-electron chi connectivity index (χ0n) is 23.7. The second-order valence-corrected chi connectivity index (χ2v) is 17.9. The Kier molecular flexibility index (Phi) is 8.89. The molecule has 1 saturated heterocycles. The number of hydrogen-bond donors (Lipinski definition) is 2. The molecule has 2 N–H and O–H groups in total. The lowest BCUT2D eigenvalue weighted by Crippen LogP contribution is -2.55. The molecule has 2 unspecified atom stereocenters. The highest BCUT2D eigenvalue weighted by Gasteiger charge is 2.40. The Morgan fingerprint density at radius 3 is 2.59 bits per heavy atom. The van der Waals surface area contributed by atoms with Gasteiger partial charge in [0, 0.05) is 53.1 Å². The summed E-state index contributed by atoms with van der Waals surface area (Å²) >= 11 is 0. The Morgan fingerprint density at radius 2 is 2.00 bits per heavy atom. The van der Waals surface area contributed by atoms with Gasteiger partial charge in [-0.15, -0.1) is 0 Å². The van der Waals surface area contributed by atoms with Gasteiger partial charge in [0.05, 0.1) is 11.8 Å². The fraction of sp³-hybridized carbons (Fsp3) is 0.692. The lowest BCUT2D eigenvalue weighted by molar-refractivity contribution is 0.0527. The van der Waals surface area contributed by atoms with Gasteiger partial charge in [0.2, 0.25) is 0 Å². The maximum Gasteiger partial charge on any atom is 0.407 e. The van der Waals surface area contributed by atoms with E-state index in [-0.39, 0.29) is 23.4 Å². The van der Waals surface area contributed by atoms with Crippen LogP contribution in [0, 0.1) is 5.41 Å². The van der Waals surface area contributed by atoms with E-state index in [2.05, 4.69) is 50.6 Å². The quantitative estimate of drug-likeness (QED) is 0.361. The van der Waals surface area contributed by atoms with Crippen LogP contribution in [0.2, 0.25) is 25.7 Å². The molecule has 0 saturated carbocycles. The van der Waals surface area contributed by atoms with E-state index in [1.54, 1.807) is 17.3 Å². The highest BCUT2D eigenvalue weighted by molar-refractivity contribution is 6.76. The number of fused-ring (bicyclic) bond motifs is 1. The summed E-state index contributed by atoms with van der Waals surface area (Å²) in [5, 5.41) is 12.6. The number of carbonyl (C=O) groups is 2. The normalized spacial score (nSPS) is 18.8. The third-order valence-electron chi connectivity index (χ3n) is 7.09. The molecule has 0 bridgehead atoms. The first-order chi connectivity index (χ1) is 17.2. The molecule has 1 aliphatic heterocycles. The van der Waals surface area contributed by atoms with Crippen molar-refractivity contribution in [1.29, 1.82) is 0 Å². The van der Waals surface area contributed by atoms with Gasteiger partial charge in [-0.2, -0.15) is 0 Å². The average Bonchev–Trinajstić information content (AvgIpc) is 3.18. The van der Waals surface area contributed by atoms with Crippen molar-refractivity contribution >= 4 is 37.1 Å². The number of carbonyl (C=O) groups excluding carboxylic acids is 1. The molecule has 10 nitrogen and oxygen atoms in total. The molecule has 0 aliphatic carbocycles. The molecule has 2 amide bonds. The van der Waals surface area contributed by atoms with Crippen LogP contribution in [-0.2, 0) is 11.5 Å². The van der Waals surface area contributed by atoms with Crippen molar-refractivity contribution in [3.8, 4) is 0 Å². The van der Waals surface area contributed by atoms with Crippen molar-refractivity contribution in [2.75, 3.05) is 31.6 Å². The van der Waals surface area contributed by atoms with E-state index in [1.165, 1.54) is 0 Å². The zero-order chi connectivity index (χ0) is 27.5. The van der Waals surface area contributed by atoms with Gasteiger partial charge < -0.3 is 29.5 Å². The smallest absolute Gasteiger partial charge is 0.407 e. The number of piperidine rings is 1. The first-order valence-corrected chi connectivity index (χ1v) is 16.9. The minimum absolute atomic E-state index is 0.103. The second-order valence-electron chi connectivity index (χ2n) is 12.3. The Balaban J connectivity index is 1.88. The number of hydrogen-bond acceptors (Lipinski definition) is 6. The van der Waals surface area contributed by atoms with Crippen LogP contribution in [0.3, 0.4) is 0 Å². The second kappa shape index (κ2) is 11.4. The first-order valence-electron chi connectivity index (χ1n) is 13.2. The van der Waals surface area contributed by atoms with Crippen molar-refractivity contribution in [2.45, 2.75) is 85.0 Å². The van der Waals surface area contributed by atoms with Gasteiger partial charge in [-0.1, -0.05) is 40.4 Å². The van der Waals surface area contributed by atoms with Gasteiger partial charge in [0.25, 0.3) is 5.91 Å². The van der Waals surface area contributed by atoms with Crippen molar-refractivity contribution in [1.82, 2.24) is 24.8 Å². The summed E-state index contributed by atoms with van der Waals surface area (Å²) in [7, 11) is 0.767. The van der Waals surface area contributed by atoms with E-state index in [9.17, 15) is 14.7 Å². The van der Waals surface area contributed by atoms with Gasteiger partial charge in [-0.05, 0) is 31.2 Å². The van der Waals surface area contributed by atoms with Crippen molar-refractivity contribution in [3.63, 3.8) is 0 Å². The summed E-state index contributed by atoms with van der Waals surface area (Å²) in [4.78, 5) is 37.9. The standard InChI is InChI=1S/C26H44N6O4Si/c1-9-27-24(33)19-16-31(17-36-12-13-37(6,7)8)23-22(19)29-21(15-28-23)30(5)18-10-11-32(25(34)35)20(14-18)26(2,3)4/h15-16,18,20H,9-14,17H2,1-8H3,(H,27,33)(H,34,35). The topological polar surface area (TPSA) is 113 Å². The molecule has 0 spiro atoms. The minimum Gasteiger partial charge on any atom is -0.465 e. The number of aromatic nitrogens is 3. The molecule has 3 rings (SSSR count). The molecule has 1 aliphatic rings. The predicted octanol–water partition coefficient (Wildman–Crippen LogP) is 4.49. The maximum absolute atomic E-state index is 12.9. The van der Waals surface area contributed by atoms with Crippen molar-refractivity contribution in [2.24, 2.45) is 5.41 Å². The third-order valence-corrected chi connectivity index (χ3v) is 8.79. The van der Waals surface area contributed by atoms with Crippen LogP contribution in [0.4, 0.5) is 10.6 Å². The van der Waals surface area contributed by atoms with E-state index < -0.39 is 14.2 Å². The van der Waals surface area contributed by atoms with E-state index in [1.807, 2.05) is 18.5 Å². The van der Waals surface area contributed by atoms with E-state index >= 15 is 0 Å². The van der Waals surface area contributed by atoms with E-state index in [0.717, 1.165) is 6.04 Å². The highest BCUT2D eigenvalue weighted by Crippen LogP contribution is 2.34.